The lowest BCUT2D eigenvalue weighted by molar-refractivity contribution is 0.0160. The molecule has 9 saturated carbocycles. The van der Waals surface area contributed by atoms with Gasteiger partial charge in [0.05, 0.1) is 0 Å². The fraction of sp³-hybridized carbons (Fsp3) is 0.571. The number of allylic oxidation sites excluding steroid dienone is 18. The second-order valence-electron chi connectivity index (χ2n) is 19.4. The second kappa shape index (κ2) is 4.24. The molecule has 42 heavy (non-hydrogen) atoms. The van der Waals surface area contributed by atoms with E-state index in [4.69, 9.17) is 0 Å². The fourth-order valence-corrected chi connectivity index (χ4v) is 21.5. The molecule has 0 radical (unpaired) electrons. The van der Waals surface area contributed by atoms with Crippen LogP contribution in [0.5, 0.6) is 0 Å². The first-order valence-corrected chi connectivity index (χ1v) is 18.1. The van der Waals surface area contributed by atoms with Crippen molar-refractivity contribution in [1.82, 2.24) is 0 Å². The molecule has 2 spiro atoms. The van der Waals surface area contributed by atoms with Gasteiger partial charge in [0.15, 0.2) is 0 Å². The molecule has 18 aliphatic rings. The van der Waals surface area contributed by atoms with E-state index in [0.29, 0.717) is 21.7 Å². The van der Waals surface area contributed by atoms with Crippen LogP contribution in [0, 0.1) is 128 Å². The van der Waals surface area contributed by atoms with Crippen LogP contribution in [0.3, 0.4) is 0 Å². The van der Waals surface area contributed by atoms with Crippen LogP contribution in [-0.2, 0) is 0 Å². The first kappa shape index (κ1) is 18.5. The van der Waals surface area contributed by atoms with Crippen LogP contribution in [0.2, 0.25) is 0 Å². The maximum atomic E-state index is 2.89. The average molecular weight is 537 g/mol. The summed E-state index contributed by atoms with van der Waals surface area (Å²) in [6.45, 7) is 5.70. The summed E-state index contributed by atoms with van der Waals surface area (Å²) < 4.78 is 0. The summed E-state index contributed by atoms with van der Waals surface area (Å²) in [4.78, 5) is 0. The number of hydrogen-bond acceptors (Lipinski definition) is 0. The first-order chi connectivity index (χ1) is 20.7. The normalized spacial score (nSPS) is 76.3. The molecule has 0 aliphatic heterocycles. The molecular weight excluding hydrogens is 504 g/mol. The van der Waals surface area contributed by atoms with Gasteiger partial charge in [-0.1, -0.05) is 79.2 Å². The van der Waals surface area contributed by atoms with E-state index >= 15 is 0 Å². The van der Waals surface area contributed by atoms with Crippen molar-refractivity contribution in [3.8, 4) is 0 Å². The predicted octanol–water partition coefficient (Wildman–Crippen LogP) is 7.02. The van der Waals surface area contributed by atoms with Gasteiger partial charge in [0, 0.05) is 10.8 Å². The summed E-state index contributed by atoms with van der Waals surface area (Å²) in [6, 6.07) is 0. The molecule has 18 rings (SSSR count). The molecule has 0 aromatic rings. The average Bonchev–Trinajstić information content (AvgIpc) is 3.50. The van der Waals surface area contributed by atoms with Gasteiger partial charge >= 0.3 is 0 Å². The zero-order valence-corrected chi connectivity index (χ0v) is 24.0. The van der Waals surface area contributed by atoms with E-state index in [0.717, 1.165) is 107 Å². The van der Waals surface area contributed by atoms with E-state index in [-0.39, 0.29) is 0 Å². The Morgan fingerprint density at radius 2 is 0.643 bits per heavy atom. The van der Waals surface area contributed by atoms with Crippen LogP contribution in [0.4, 0.5) is 0 Å². The minimum absolute atomic E-state index is 0.535. The molecule has 22 unspecified atom stereocenters. The van der Waals surface area contributed by atoms with Crippen LogP contribution in [0.1, 0.15) is 13.8 Å². The molecule has 0 bridgehead atoms. The van der Waals surface area contributed by atoms with Gasteiger partial charge in [-0.15, -0.1) is 0 Å². The van der Waals surface area contributed by atoms with Gasteiger partial charge in [0.2, 0.25) is 0 Å². The first-order valence-electron chi connectivity index (χ1n) is 18.1. The second-order valence-corrected chi connectivity index (χ2v) is 19.4. The fourth-order valence-electron chi connectivity index (χ4n) is 21.5. The summed E-state index contributed by atoms with van der Waals surface area (Å²) in [6.07, 6.45) is 22.8. The molecule has 0 heterocycles. The highest BCUT2D eigenvalue weighted by Gasteiger charge is 3.16. The van der Waals surface area contributed by atoms with E-state index in [2.05, 4.69) is 90.3 Å². The highest BCUT2D eigenvalue weighted by Crippen LogP contribution is 3.19. The Labute approximate surface area is 245 Å². The minimum atomic E-state index is 0.535. The van der Waals surface area contributed by atoms with E-state index in [9.17, 15) is 0 Å². The largest absolute Gasteiger partial charge is 0.0841 e. The van der Waals surface area contributed by atoms with Crippen molar-refractivity contribution in [2.24, 2.45) is 128 Å². The zero-order valence-electron chi connectivity index (χ0n) is 24.0. The van der Waals surface area contributed by atoms with Crippen molar-refractivity contribution < 1.29 is 0 Å². The van der Waals surface area contributed by atoms with E-state index in [1.54, 1.807) is 0 Å². The third-order valence-corrected chi connectivity index (χ3v) is 20.9. The summed E-state index contributed by atoms with van der Waals surface area (Å²) in [5.74, 6) is 14.8. The molecule has 0 N–H and O–H groups in total. The lowest BCUT2D eigenvalue weighted by Gasteiger charge is -2.59. The molecule has 0 aromatic carbocycles. The molecule has 0 aromatic heterocycles. The summed E-state index contributed by atoms with van der Waals surface area (Å²) in [5, 5.41) is 0. The predicted molar refractivity (Wildman–Crippen MR) is 156 cm³/mol. The number of hydrogen-bond donors (Lipinski definition) is 0. The SMILES string of the molecule is CC12C3C4C=CC5C6C=CC7C8C=CC9C%10C=CC%11C%12C%13=C%14C%15=C(C9C8C8=C%15C9=C(C6C87)C5C4C(=C9%14)C31C%131C%11C21C)C%10%12. The number of fused-ring (bicyclic) bond motifs is 8. The van der Waals surface area contributed by atoms with E-state index in [1.165, 1.54) is 0 Å². The smallest absolute Gasteiger partial charge is 0.0129 e. The summed E-state index contributed by atoms with van der Waals surface area (Å²) in [5.41, 5.74) is 22.4. The Morgan fingerprint density at radius 1 is 0.357 bits per heavy atom. The van der Waals surface area contributed by atoms with E-state index < -0.39 is 0 Å². The van der Waals surface area contributed by atoms with Crippen molar-refractivity contribution in [2.45, 2.75) is 13.8 Å². The molecule has 0 heteroatoms. The van der Waals surface area contributed by atoms with E-state index in [1.807, 2.05) is 27.9 Å². The Bertz CT molecular complexity index is 2010. The van der Waals surface area contributed by atoms with Crippen molar-refractivity contribution in [3.05, 3.63) is 104 Å². The van der Waals surface area contributed by atoms with Crippen molar-refractivity contribution in [1.29, 1.82) is 0 Å². The van der Waals surface area contributed by atoms with Crippen molar-refractivity contribution in [2.75, 3.05) is 0 Å². The molecule has 0 nitrogen and oxygen atoms in total. The number of rotatable bonds is 0. The molecule has 0 saturated heterocycles. The van der Waals surface area contributed by atoms with Gasteiger partial charge in [-0.3, -0.25) is 0 Å². The van der Waals surface area contributed by atoms with Crippen molar-refractivity contribution >= 4 is 0 Å². The summed E-state index contributed by atoms with van der Waals surface area (Å²) >= 11 is 0. The van der Waals surface area contributed by atoms with Gasteiger partial charge in [-0.05, 0) is 156 Å². The topological polar surface area (TPSA) is 0 Å². The van der Waals surface area contributed by atoms with Crippen LogP contribution in [0.15, 0.2) is 104 Å². The quantitative estimate of drug-likeness (QED) is 0.292. The Hall–Kier alpha value is -2.34. The molecular formula is C42H32. The minimum Gasteiger partial charge on any atom is -0.0841 e. The third kappa shape index (κ3) is 0.994. The molecule has 22 atom stereocenters. The highest BCUT2D eigenvalue weighted by atomic mass is 15.2. The van der Waals surface area contributed by atoms with Gasteiger partial charge < -0.3 is 0 Å². The van der Waals surface area contributed by atoms with Crippen LogP contribution >= 0.6 is 0 Å². The molecule has 9 fully saturated rings. The van der Waals surface area contributed by atoms with Gasteiger partial charge in [-0.2, -0.15) is 0 Å². The lowest BCUT2D eigenvalue weighted by atomic mass is 9.43. The van der Waals surface area contributed by atoms with Gasteiger partial charge in [-0.25, -0.2) is 0 Å². The maximum Gasteiger partial charge on any atom is 0.0129 e. The molecule has 0 amide bonds. The Morgan fingerprint density at radius 3 is 1.00 bits per heavy atom. The van der Waals surface area contributed by atoms with Gasteiger partial charge in [0.1, 0.15) is 0 Å². The lowest BCUT2D eigenvalue weighted by Crippen LogP contribution is -2.53. The molecule has 200 valence electrons. The van der Waals surface area contributed by atoms with Gasteiger partial charge in [0.25, 0.3) is 0 Å². The summed E-state index contributed by atoms with van der Waals surface area (Å²) in [7, 11) is 0. The van der Waals surface area contributed by atoms with Crippen LogP contribution in [-0.4, -0.2) is 0 Å². The maximum absolute atomic E-state index is 2.89. The standard InChI is InChI=1S/C42H32/c1-39-37-17-9-7-15-13-5-3-11-12-4-6-14-16-8-10-18-26-24(16)29-22(14)20(12)27-19(11)21(13)28-23(15)25(17)35-33-31(28)30(27)32(29)34(33)36(26)42(41(35,37)39)38(18)40(39,42)2/h3-26,37-38H,1-2H3. The van der Waals surface area contributed by atoms with Crippen LogP contribution in [0.25, 0.3) is 0 Å². The highest BCUT2D eigenvalue weighted by molar-refractivity contribution is 5.95. The van der Waals surface area contributed by atoms with Crippen LogP contribution < -0.4 is 0 Å². The third-order valence-electron chi connectivity index (χ3n) is 20.9. The zero-order chi connectivity index (χ0) is 25.8. The van der Waals surface area contributed by atoms with Crippen molar-refractivity contribution in [3.63, 3.8) is 0 Å². The Balaban J connectivity index is 1.15. The Kier molecular flexibility index (Phi) is 1.87. The monoisotopic (exact) mass is 536 g/mol. The molecule has 18 aliphatic carbocycles.